The fourth-order valence-electron chi connectivity index (χ4n) is 3.51. The summed E-state index contributed by atoms with van der Waals surface area (Å²) in [5.74, 6) is 0. The van der Waals surface area contributed by atoms with Crippen LogP contribution >= 0.6 is 0 Å². The predicted octanol–water partition coefficient (Wildman–Crippen LogP) is 2.05. The first-order valence-electron chi connectivity index (χ1n) is 8.31. The minimum absolute atomic E-state index is 0.0515. The summed E-state index contributed by atoms with van der Waals surface area (Å²) in [6.45, 7) is 0.601. The molecule has 1 aromatic carbocycles. The predicted molar refractivity (Wildman–Crippen MR) is 93.7 cm³/mol. The third kappa shape index (κ3) is 3.84. The van der Waals surface area contributed by atoms with E-state index in [4.69, 9.17) is 0 Å². The van der Waals surface area contributed by atoms with E-state index in [-0.39, 0.29) is 11.3 Å². The van der Waals surface area contributed by atoms with Crippen molar-refractivity contribution in [2.75, 3.05) is 13.3 Å². The summed E-state index contributed by atoms with van der Waals surface area (Å²) in [6.07, 6.45) is 6.85. The lowest BCUT2D eigenvalue weighted by Crippen LogP contribution is -2.46. The van der Waals surface area contributed by atoms with Crippen LogP contribution in [0.2, 0.25) is 0 Å². The monoisotopic (exact) mass is 348 g/mol. The fraction of sp³-hybridized carbons (Fsp3) is 0.529. The first kappa shape index (κ1) is 17.1. The van der Waals surface area contributed by atoms with Crippen molar-refractivity contribution in [2.45, 2.75) is 43.5 Å². The summed E-state index contributed by atoms with van der Waals surface area (Å²) in [5, 5.41) is 8.55. The van der Waals surface area contributed by atoms with Crippen molar-refractivity contribution in [1.82, 2.24) is 19.9 Å². The largest absolute Gasteiger partial charge is 0.296 e. The first-order chi connectivity index (χ1) is 11.4. The Morgan fingerprint density at radius 3 is 2.62 bits per heavy atom. The van der Waals surface area contributed by atoms with Crippen LogP contribution in [-0.2, 0) is 16.4 Å². The van der Waals surface area contributed by atoms with Crippen molar-refractivity contribution < 1.29 is 8.42 Å². The van der Waals surface area contributed by atoms with E-state index in [1.807, 2.05) is 37.4 Å². The second kappa shape index (κ2) is 7.03. The summed E-state index contributed by atoms with van der Waals surface area (Å²) < 4.78 is 24.2. The summed E-state index contributed by atoms with van der Waals surface area (Å²) in [6, 6.07) is 9.81. The van der Waals surface area contributed by atoms with E-state index in [0.717, 1.165) is 37.1 Å². The molecule has 130 valence electrons. The van der Waals surface area contributed by atoms with E-state index in [2.05, 4.69) is 15.1 Å². The van der Waals surface area contributed by atoms with E-state index in [0.29, 0.717) is 6.54 Å². The summed E-state index contributed by atoms with van der Waals surface area (Å²) in [7, 11) is -1.05. The van der Waals surface area contributed by atoms with E-state index >= 15 is 0 Å². The van der Waals surface area contributed by atoms with Crippen LogP contribution in [0.4, 0.5) is 0 Å². The average Bonchev–Trinajstić information content (AvgIpc) is 3.03. The van der Waals surface area contributed by atoms with Crippen LogP contribution in [0.15, 0.2) is 36.5 Å². The van der Waals surface area contributed by atoms with Gasteiger partial charge in [0.05, 0.1) is 22.8 Å². The summed E-state index contributed by atoms with van der Waals surface area (Å²) in [4.78, 5) is 3.72. The molecule has 0 spiro atoms. The zero-order chi connectivity index (χ0) is 17.2. The van der Waals surface area contributed by atoms with Crippen molar-refractivity contribution in [3.63, 3.8) is 0 Å². The molecule has 0 amide bonds. The summed E-state index contributed by atoms with van der Waals surface area (Å²) >= 11 is 0. The van der Waals surface area contributed by atoms with Gasteiger partial charge in [0.15, 0.2) is 9.84 Å². The Kier molecular flexibility index (Phi) is 5.01. The van der Waals surface area contributed by atoms with Gasteiger partial charge in [0.1, 0.15) is 0 Å². The highest BCUT2D eigenvalue weighted by atomic mass is 32.2. The number of sulfone groups is 1. The number of rotatable bonds is 5. The van der Waals surface area contributed by atoms with E-state index in [9.17, 15) is 8.42 Å². The van der Waals surface area contributed by atoms with Gasteiger partial charge in [-0.3, -0.25) is 4.90 Å². The van der Waals surface area contributed by atoms with Crippen molar-refractivity contribution >= 4 is 9.84 Å². The van der Waals surface area contributed by atoms with Gasteiger partial charge >= 0.3 is 0 Å². The van der Waals surface area contributed by atoms with Crippen molar-refractivity contribution in [3.05, 3.63) is 42.2 Å². The highest BCUT2D eigenvalue weighted by molar-refractivity contribution is 7.91. The van der Waals surface area contributed by atoms with Crippen molar-refractivity contribution in [2.24, 2.45) is 0 Å². The Labute approximate surface area is 143 Å². The van der Waals surface area contributed by atoms with Gasteiger partial charge < -0.3 is 0 Å². The number of hydrogen-bond donors (Lipinski definition) is 0. The van der Waals surface area contributed by atoms with Gasteiger partial charge in [0, 0.05) is 18.8 Å². The van der Waals surface area contributed by atoms with Crippen LogP contribution < -0.4 is 0 Å². The van der Waals surface area contributed by atoms with Gasteiger partial charge in [-0.25, -0.2) is 8.42 Å². The Hall–Kier alpha value is -1.73. The lowest BCUT2D eigenvalue weighted by molar-refractivity contribution is 0.185. The standard InChI is InChI=1S/C17H24N4O2S/c1-20(16-10-6-7-11-17(16)24(2,22)23)13-14-12-18-21(19-14)15-8-4-3-5-9-15/h3-5,8-9,12,16-17H,6-7,10-11,13H2,1-2H3/t16-,17-/m1/s1. The molecule has 2 aromatic rings. The number of hydrogen-bond acceptors (Lipinski definition) is 5. The molecule has 6 nitrogen and oxygen atoms in total. The maximum Gasteiger partial charge on any atom is 0.151 e. The zero-order valence-electron chi connectivity index (χ0n) is 14.2. The average molecular weight is 348 g/mol. The van der Waals surface area contributed by atoms with E-state index < -0.39 is 9.84 Å². The molecule has 0 saturated heterocycles. The molecule has 2 atom stereocenters. The Balaban J connectivity index is 1.72. The smallest absolute Gasteiger partial charge is 0.151 e. The first-order valence-corrected chi connectivity index (χ1v) is 10.3. The molecule has 7 heteroatoms. The molecule has 0 bridgehead atoms. The molecule has 0 unspecified atom stereocenters. The van der Waals surface area contributed by atoms with Gasteiger partial charge in [-0.2, -0.15) is 15.0 Å². The summed E-state index contributed by atoms with van der Waals surface area (Å²) in [5.41, 5.74) is 1.76. The SMILES string of the molecule is CN(Cc1cnn(-c2ccccc2)n1)[C@@H]1CCCC[C@H]1S(C)(=O)=O. The van der Waals surface area contributed by atoms with Crippen LogP contribution in [-0.4, -0.2) is 52.9 Å². The lowest BCUT2D eigenvalue weighted by atomic mass is 9.94. The highest BCUT2D eigenvalue weighted by Gasteiger charge is 2.35. The molecule has 1 aliphatic carbocycles. The molecule has 0 aliphatic heterocycles. The Morgan fingerprint density at radius 1 is 1.21 bits per heavy atom. The Bertz CT molecular complexity index is 773. The van der Waals surface area contributed by atoms with Crippen LogP contribution in [0.25, 0.3) is 5.69 Å². The molecule has 1 saturated carbocycles. The van der Waals surface area contributed by atoms with Gasteiger partial charge in [0.25, 0.3) is 0 Å². The molecular formula is C17H24N4O2S. The number of benzene rings is 1. The number of para-hydroxylation sites is 1. The molecule has 1 aliphatic rings. The van der Waals surface area contributed by atoms with Gasteiger partial charge in [-0.05, 0) is 32.0 Å². The minimum atomic E-state index is -3.03. The third-order valence-corrected chi connectivity index (χ3v) is 6.37. The van der Waals surface area contributed by atoms with Crippen LogP contribution in [0, 0.1) is 0 Å². The molecule has 1 aromatic heterocycles. The van der Waals surface area contributed by atoms with Gasteiger partial charge in [-0.1, -0.05) is 31.0 Å². The second-order valence-electron chi connectivity index (χ2n) is 6.60. The van der Waals surface area contributed by atoms with Crippen LogP contribution in [0.5, 0.6) is 0 Å². The maximum absolute atomic E-state index is 12.1. The fourth-order valence-corrected chi connectivity index (χ4v) is 5.02. The zero-order valence-corrected chi connectivity index (χ0v) is 15.0. The van der Waals surface area contributed by atoms with Crippen molar-refractivity contribution in [1.29, 1.82) is 0 Å². The lowest BCUT2D eigenvalue weighted by Gasteiger charge is -2.36. The van der Waals surface area contributed by atoms with E-state index in [1.54, 1.807) is 11.0 Å². The van der Waals surface area contributed by atoms with Gasteiger partial charge in [-0.15, -0.1) is 0 Å². The third-order valence-electron chi connectivity index (χ3n) is 4.72. The minimum Gasteiger partial charge on any atom is -0.296 e. The normalized spacial score (nSPS) is 22.0. The second-order valence-corrected chi connectivity index (χ2v) is 8.86. The highest BCUT2D eigenvalue weighted by Crippen LogP contribution is 2.28. The topological polar surface area (TPSA) is 68.1 Å². The number of aromatic nitrogens is 3. The van der Waals surface area contributed by atoms with Crippen LogP contribution in [0.3, 0.4) is 0 Å². The quantitative estimate of drug-likeness (QED) is 0.827. The molecular weight excluding hydrogens is 324 g/mol. The van der Waals surface area contributed by atoms with Gasteiger partial charge in [0.2, 0.25) is 0 Å². The van der Waals surface area contributed by atoms with Crippen LogP contribution in [0.1, 0.15) is 31.4 Å². The number of nitrogens with zero attached hydrogens (tertiary/aromatic N) is 4. The molecule has 1 heterocycles. The van der Waals surface area contributed by atoms with Crippen molar-refractivity contribution in [3.8, 4) is 5.69 Å². The maximum atomic E-state index is 12.1. The molecule has 24 heavy (non-hydrogen) atoms. The molecule has 0 radical (unpaired) electrons. The molecule has 3 rings (SSSR count). The Morgan fingerprint density at radius 2 is 1.92 bits per heavy atom. The molecule has 1 fully saturated rings. The molecule has 0 N–H and O–H groups in total. The van der Waals surface area contributed by atoms with E-state index in [1.165, 1.54) is 6.26 Å².